The number of aliphatic hydroxyl groups is 3. The molecule has 1 fully saturated rings. The molecule has 1 aliphatic carbocycles. The molecule has 180 valence electrons. The van der Waals surface area contributed by atoms with E-state index in [2.05, 4.69) is 0 Å². The molecule has 1 aliphatic rings. The molecule has 1 aromatic rings. The first kappa shape index (κ1) is 26.4. The summed E-state index contributed by atoms with van der Waals surface area (Å²) < 4.78 is 38.4. The van der Waals surface area contributed by atoms with Crippen LogP contribution in [0.1, 0.15) is 68.9 Å². The molecule has 5 nitrogen and oxygen atoms in total. The van der Waals surface area contributed by atoms with Gasteiger partial charge in [0.05, 0.1) is 23.9 Å². The molecule has 0 aliphatic heterocycles. The lowest BCUT2D eigenvalue weighted by Crippen LogP contribution is -2.23. The lowest BCUT2D eigenvalue weighted by Gasteiger charge is -2.24. The third kappa shape index (κ3) is 8.56. The first-order valence-corrected chi connectivity index (χ1v) is 11.2. The van der Waals surface area contributed by atoms with Gasteiger partial charge in [0.25, 0.3) is 0 Å². The average molecular weight is 459 g/mol. The standard InChI is InChI=1S/C24H33F3O5/c25-24(26,27)17-7-5-6-16(14-17)10-11-18(28)12-13-20-19(21(29)15-22(20)30)8-3-1-2-4-9-23(31)32/h5-7,10-11,14,18-22,28-30H,1-4,8-9,12-13,15H2,(H,31,32)/b11-10+. The van der Waals surface area contributed by atoms with Crippen molar-refractivity contribution in [3.8, 4) is 0 Å². The van der Waals surface area contributed by atoms with Crippen molar-refractivity contribution in [2.24, 2.45) is 11.8 Å². The van der Waals surface area contributed by atoms with Crippen molar-refractivity contribution in [2.45, 2.75) is 82.3 Å². The molecule has 0 saturated heterocycles. The number of carboxylic acid groups (broad SMARTS) is 1. The molecule has 2 rings (SSSR count). The van der Waals surface area contributed by atoms with E-state index in [-0.39, 0.29) is 18.3 Å². The number of carboxylic acids is 1. The Kier molecular flexibility index (Phi) is 10.2. The van der Waals surface area contributed by atoms with E-state index in [4.69, 9.17) is 5.11 Å². The van der Waals surface area contributed by atoms with Crippen LogP contribution in [0.3, 0.4) is 0 Å². The van der Waals surface area contributed by atoms with Crippen LogP contribution < -0.4 is 0 Å². The van der Waals surface area contributed by atoms with Crippen molar-refractivity contribution in [1.82, 2.24) is 0 Å². The minimum absolute atomic E-state index is 0.0795. The van der Waals surface area contributed by atoms with Crippen molar-refractivity contribution in [3.63, 3.8) is 0 Å². The molecule has 0 bridgehead atoms. The van der Waals surface area contributed by atoms with Crippen molar-refractivity contribution < 1.29 is 38.4 Å². The predicted molar refractivity (Wildman–Crippen MR) is 115 cm³/mol. The van der Waals surface area contributed by atoms with Gasteiger partial charge in [-0.3, -0.25) is 4.79 Å². The molecule has 1 saturated carbocycles. The quantitative estimate of drug-likeness (QED) is 0.342. The van der Waals surface area contributed by atoms with Crippen LogP contribution in [-0.4, -0.2) is 44.7 Å². The Labute approximate surface area is 186 Å². The third-order valence-corrected chi connectivity index (χ3v) is 6.22. The second kappa shape index (κ2) is 12.4. The third-order valence-electron chi connectivity index (χ3n) is 6.22. The molecule has 32 heavy (non-hydrogen) atoms. The molecule has 4 N–H and O–H groups in total. The highest BCUT2D eigenvalue weighted by molar-refractivity contribution is 5.66. The van der Waals surface area contributed by atoms with Crippen LogP contribution in [0.25, 0.3) is 6.08 Å². The van der Waals surface area contributed by atoms with E-state index in [1.54, 1.807) is 0 Å². The van der Waals surface area contributed by atoms with Gasteiger partial charge in [-0.2, -0.15) is 13.2 Å². The number of alkyl halides is 3. The van der Waals surface area contributed by atoms with E-state index in [0.29, 0.717) is 31.2 Å². The van der Waals surface area contributed by atoms with Gasteiger partial charge in [-0.05, 0) is 61.6 Å². The van der Waals surface area contributed by atoms with Crippen LogP contribution in [0.5, 0.6) is 0 Å². The summed E-state index contributed by atoms with van der Waals surface area (Å²) in [5.74, 6) is -1.04. The van der Waals surface area contributed by atoms with E-state index in [0.717, 1.165) is 37.8 Å². The van der Waals surface area contributed by atoms with E-state index in [1.165, 1.54) is 24.3 Å². The summed E-state index contributed by atoms with van der Waals surface area (Å²) in [5.41, 5.74) is -0.404. The van der Waals surface area contributed by atoms with Crippen LogP contribution in [0.15, 0.2) is 30.3 Å². The number of hydrogen-bond acceptors (Lipinski definition) is 4. The molecule has 8 heteroatoms. The highest BCUT2D eigenvalue weighted by Crippen LogP contribution is 2.39. The number of aliphatic carboxylic acids is 1. The normalized spacial score (nSPS) is 24.8. The molecule has 0 amide bonds. The van der Waals surface area contributed by atoms with Crippen molar-refractivity contribution in [1.29, 1.82) is 0 Å². The van der Waals surface area contributed by atoms with Gasteiger partial charge < -0.3 is 20.4 Å². The zero-order valence-electron chi connectivity index (χ0n) is 18.0. The lowest BCUT2D eigenvalue weighted by molar-refractivity contribution is -0.138. The minimum atomic E-state index is -4.42. The summed E-state index contributed by atoms with van der Waals surface area (Å²) in [6.07, 6.45) is 1.49. The first-order valence-electron chi connectivity index (χ1n) is 11.2. The molecule has 5 unspecified atom stereocenters. The van der Waals surface area contributed by atoms with E-state index < -0.39 is 36.0 Å². The van der Waals surface area contributed by atoms with Gasteiger partial charge in [-0.15, -0.1) is 0 Å². The monoisotopic (exact) mass is 458 g/mol. The Balaban J connectivity index is 1.82. The highest BCUT2D eigenvalue weighted by Gasteiger charge is 2.40. The predicted octanol–water partition coefficient (Wildman–Crippen LogP) is 4.64. The molecular formula is C24H33F3O5. The summed E-state index contributed by atoms with van der Waals surface area (Å²) in [4.78, 5) is 10.5. The number of unbranched alkanes of at least 4 members (excludes halogenated alkanes) is 3. The average Bonchev–Trinajstić information content (AvgIpc) is 2.99. The van der Waals surface area contributed by atoms with Gasteiger partial charge in [0, 0.05) is 6.42 Å². The maximum atomic E-state index is 12.8. The number of carbonyl (C=O) groups is 1. The second-order valence-electron chi connectivity index (χ2n) is 8.67. The Morgan fingerprint density at radius 2 is 1.72 bits per heavy atom. The fourth-order valence-corrected chi connectivity index (χ4v) is 4.49. The Morgan fingerprint density at radius 1 is 1.06 bits per heavy atom. The summed E-state index contributed by atoms with van der Waals surface area (Å²) in [6.45, 7) is 0. The molecule has 0 spiro atoms. The maximum Gasteiger partial charge on any atom is 0.416 e. The molecule has 0 aromatic heterocycles. The van der Waals surface area contributed by atoms with E-state index in [9.17, 15) is 33.3 Å². The number of hydrogen-bond donors (Lipinski definition) is 4. The van der Waals surface area contributed by atoms with Gasteiger partial charge in [-0.25, -0.2) is 0 Å². The summed E-state index contributed by atoms with van der Waals surface area (Å²) in [5, 5.41) is 39.6. The maximum absolute atomic E-state index is 12.8. The number of aliphatic hydroxyl groups excluding tert-OH is 3. The minimum Gasteiger partial charge on any atom is -0.481 e. The van der Waals surface area contributed by atoms with Gasteiger partial charge in [0.2, 0.25) is 0 Å². The molecule has 0 heterocycles. The zero-order valence-corrected chi connectivity index (χ0v) is 18.0. The van der Waals surface area contributed by atoms with Gasteiger partial charge in [0.1, 0.15) is 0 Å². The fraction of sp³-hybridized carbons (Fsp3) is 0.625. The summed E-state index contributed by atoms with van der Waals surface area (Å²) in [6, 6.07) is 4.86. The van der Waals surface area contributed by atoms with Crippen LogP contribution >= 0.6 is 0 Å². The van der Waals surface area contributed by atoms with E-state index in [1.807, 2.05) is 0 Å². The van der Waals surface area contributed by atoms with Crippen LogP contribution in [-0.2, 0) is 11.0 Å². The largest absolute Gasteiger partial charge is 0.481 e. The highest BCUT2D eigenvalue weighted by atomic mass is 19.4. The second-order valence-corrected chi connectivity index (χ2v) is 8.67. The van der Waals surface area contributed by atoms with Crippen molar-refractivity contribution in [3.05, 3.63) is 41.5 Å². The SMILES string of the molecule is O=C(O)CCCCCCC1C(O)CC(O)C1CCC(O)/C=C/c1cccc(C(F)(F)F)c1. The number of halogens is 3. The van der Waals surface area contributed by atoms with Crippen molar-refractivity contribution >= 4 is 12.0 Å². The lowest BCUT2D eigenvalue weighted by atomic mass is 9.85. The smallest absolute Gasteiger partial charge is 0.416 e. The summed E-state index contributed by atoms with van der Waals surface area (Å²) in [7, 11) is 0. The van der Waals surface area contributed by atoms with E-state index >= 15 is 0 Å². The molecule has 5 atom stereocenters. The number of benzene rings is 1. The Hall–Kier alpha value is -1.90. The van der Waals surface area contributed by atoms with Gasteiger partial charge in [-0.1, -0.05) is 43.5 Å². The first-order chi connectivity index (χ1) is 15.1. The Bertz CT molecular complexity index is 749. The topological polar surface area (TPSA) is 98.0 Å². The van der Waals surface area contributed by atoms with Crippen LogP contribution in [0.4, 0.5) is 13.2 Å². The number of rotatable bonds is 12. The van der Waals surface area contributed by atoms with Crippen molar-refractivity contribution in [2.75, 3.05) is 0 Å². The molecule has 1 aromatic carbocycles. The zero-order chi connectivity index (χ0) is 23.7. The summed E-state index contributed by atoms with van der Waals surface area (Å²) >= 11 is 0. The van der Waals surface area contributed by atoms with Crippen LogP contribution in [0, 0.1) is 11.8 Å². The fourth-order valence-electron chi connectivity index (χ4n) is 4.49. The molecule has 0 radical (unpaired) electrons. The molecular weight excluding hydrogens is 425 g/mol. The Morgan fingerprint density at radius 3 is 2.38 bits per heavy atom. The van der Waals surface area contributed by atoms with Gasteiger partial charge in [0.15, 0.2) is 0 Å². The van der Waals surface area contributed by atoms with Crippen LogP contribution in [0.2, 0.25) is 0 Å². The van der Waals surface area contributed by atoms with Gasteiger partial charge >= 0.3 is 12.1 Å².